The van der Waals surface area contributed by atoms with Crippen molar-refractivity contribution in [2.75, 3.05) is 12.4 Å². The zero-order chi connectivity index (χ0) is 29.9. The number of rotatable bonds is 9. The lowest BCUT2D eigenvalue weighted by atomic mass is 10.0. The molecule has 3 aromatic rings. The van der Waals surface area contributed by atoms with E-state index in [1.165, 1.54) is 54.1 Å². The van der Waals surface area contributed by atoms with Crippen LogP contribution < -0.4 is 0 Å². The van der Waals surface area contributed by atoms with E-state index in [-0.39, 0.29) is 23.7 Å². The molecule has 0 radical (unpaired) electrons. The third-order valence-corrected chi connectivity index (χ3v) is 8.63. The van der Waals surface area contributed by atoms with E-state index in [4.69, 9.17) is 21.1 Å². The van der Waals surface area contributed by atoms with Crippen molar-refractivity contribution in [3.05, 3.63) is 123 Å². The fourth-order valence-electron chi connectivity index (χ4n) is 4.57. The summed E-state index contributed by atoms with van der Waals surface area (Å²) in [6, 6.07) is 24.0. The number of β-lactam (4-membered cyclic amide) rings is 1. The maximum absolute atomic E-state index is 13.9. The second kappa shape index (κ2) is 12.2. The van der Waals surface area contributed by atoms with Gasteiger partial charge in [-0.25, -0.2) is 4.79 Å². The first-order chi connectivity index (χ1) is 20.2. The van der Waals surface area contributed by atoms with Crippen LogP contribution in [0.1, 0.15) is 29.7 Å². The zero-order valence-corrected chi connectivity index (χ0v) is 23.8. The third kappa shape index (κ3) is 5.79. The van der Waals surface area contributed by atoms with Crippen LogP contribution in [0.15, 0.2) is 101 Å². The molecular formula is C30H24ClN3O7S. The van der Waals surface area contributed by atoms with Gasteiger partial charge in [0, 0.05) is 36.6 Å². The van der Waals surface area contributed by atoms with Crippen molar-refractivity contribution in [1.29, 1.82) is 0 Å². The average molecular weight is 606 g/mol. The maximum Gasteiger partial charge on any atom is 0.356 e. The number of amides is 1. The highest BCUT2D eigenvalue weighted by Crippen LogP contribution is 2.51. The monoisotopic (exact) mass is 605 g/mol. The van der Waals surface area contributed by atoms with Crippen LogP contribution in [0, 0.1) is 10.1 Å². The number of thioether (sulfide) groups is 1. The summed E-state index contributed by atoms with van der Waals surface area (Å²) in [6.07, 6.45) is 0.594. The summed E-state index contributed by atoms with van der Waals surface area (Å²) in [5.74, 6) is -1.73. The van der Waals surface area contributed by atoms with Gasteiger partial charge in [-0.2, -0.15) is 0 Å². The van der Waals surface area contributed by atoms with Crippen molar-refractivity contribution in [3.8, 4) is 0 Å². The van der Waals surface area contributed by atoms with Crippen LogP contribution in [-0.2, 0) is 23.9 Å². The first-order valence-electron chi connectivity index (χ1n) is 12.8. The number of hydrogen-bond acceptors (Lipinski definition) is 9. The minimum atomic E-state index is -1.72. The molecule has 214 valence electrons. The number of halogens is 1. The van der Waals surface area contributed by atoms with Crippen LogP contribution >= 0.6 is 23.4 Å². The standard InChI is InChI=1S/C30H24ClN3O7S/c1-19(35)40-17-23-18-42-29-30(31,32-16-20-12-14-24(15-13-20)34(38)39)28(37)33(29)25(23)27(36)41-26(21-8-4-2-5-9-21)22-10-6-3-7-11-22/h2-16,26,29H,17-18H2,1H3/t29-,30?/m1/s1. The lowest BCUT2D eigenvalue weighted by Crippen LogP contribution is -2.70. The second-order valence-corrected chi connectivity index (χ2v) is 11.1. The molecule has 10 nitrogen and oxygen atoms in total. The Morgan fingerprint density at radius 2 is 1.69 bits per heavy atom. The summed E-state index contributed by atoms with van der Waals surface area (Å²) >= 11 is 8.00. The Morgan fingerprint density at radius 3 is 2.24 bits per heavy atom. The average Bonchev–Trinajstić information content (AvgIpc) is 3.01. The van der Waals surface area contributed by atoms with Crippen molar-refractivity contribution in [2.45, 2.75) is 23.4 Å². The van der Waals surface area contributed by atoms with E-state index < -0.39 is 39.2 Å². The largest absolute Gasteiger partial charge is 0.461 e. The Bertz CT molecular complexity index is 1540. The summed E-state index contributed by atoms with van der Waals surface area (Å²) in [5.41, 5.74) is 2.25. The number of hydrogen-bond donors (Lipinski definition) is 0. The van der Waals surface area contributed by atoms with Gasteiger partial charge >= 0.3 is 11.9 Å². The van der Waals surface area contributed by atoms with Gasteiger partial charge in [0.15, 0.2) is 6.10 Å². The first-order valence-corrected chi connectivity index (χ1v) is 14.2. The smallest absolute Gasteiger partial charge is 0.356 e. The van der Waals surface area contributed by atoms with Crippen molar-refractivity contribution >= 4 is 53.1 Å². The second-order valence-electron chi connectivity index (χ2n) is 9.46. The van der Waals surface area contributed by atoms with Crippen LogP contribution in [0.3, 0.4) is 0 Å². The van der Waals surface area contributed by atoms with E-state index >= 15 is 0 Å². The molecule has 0 aliphatic carbocycles. The topological polar surface area (TPSA) is 128 Å². The van der Waals surface area contributed by atoms with Crippen LogP contribution in [-0.4, -0.2) is 56.6 Å². The van der Waals surface area contributed by atoms with Gasteiger partial charge in [0.25, 0.3) is 11.6 Å². The molecule has 12 heteroatoms. The number of fused-ring (bicyclic) bond motifs is 1. The Kier molecular flexibility index (Phi) is 8.41. The molecule has 3 aromatic carbocycles. The summed E-state index contributed by atoms with van der Waals surface area (Å²) in [7, 11) is 0. The SMILES string of the molecule is CC(=O)OCC1=C(C(=O)OC(c2ccccc2)c2ccccc2)N2C(=O)C(Cl)(N=Cc3ccc([N+](=O)[O-])cc3)[C@H]2SC1. The molecular weight excluding hydrogens is 582 g/mol. The predicted octanol–water partition coefficient (Wildman–Crippen LogP) is 5.01. The van der Waals surface area contributed by atoms with Crippen molar-refractivity contribution < 1.29 is 28.8 Å². The van der Waals surface area contributed by atoms with E-state index in [1.807, 2.05) is 60.7 Å². The number of benzene rings is 3. The molecule has 2 aliphatic heterocycles. The molecule has 1 unspecified atom stereocenters. The lowest BCUT2D eigenvalue weighted by molar-refractivity contribution is -0.384. The zero-order valence-electron chi connectivity index (χ0n) is 22.2. The minimum absolute atomic E-state index is 0.0383. The fraction of sp³-hybridized carbons (Fsp3) is 0.200. The molecule has 1 fully saturated rings. The highest BCUT2D eigenvalue weighted by molar-refractivity contribution is 8.00. The van der Waals surface area contributed by atoms with E-state index in [0.29, 0.717) is 11.1 Å². The van der Waals surface area contributed by atoms with Gasteiger partial charge in [-0.1, -0.05) is 72.3 Å². The van der Waals surface area contributed by atoms with Gasteiger partial charge in [-0.3, -0.25) is 29.6 Å². The van der Waals surface area contributed by atoms with Gasteiger partial charge < -0.3 is 9.47 Å². The molecule has 2 atom stereocenters. The predicted molar refractivity (Wildman–Crippen MR) is 157 cm³/mol. The molecule has 0 saturated carbocycles. The first kappa shape index (κ1) is 29.0. The number of esters is 2. The quantitative estimate of drug-likeness (QED) is 0.0633. The van der Waals surface area contributed by atoms with Crippen molar-refractivity contribution in [3.63, 3.8) is 0 Å². The molecule has 42 heavy (non-hydrogen) atoms. The molecule has 0 bridgehead atoms. The number of aliphatic imine (C=N–C) groups is 1. The van der Waals surface area contributed by atoms with Gasteiger partial charge in [0.2, 0.25) is 5.00 Å². The number of non-ortho nitro benzene ring substituents is 1. The van der Waals surface area contributed by atoms with Crippen molar-refractivity contribution in [2.24, 2.45) is 4.99 Å². The van der Waals surface area contributed by atoms with Gasteiger partial charge in [-0.05, 0) is 28.8 Å². The molecule has 0 aromatic heterocycles. The summed E-state index contributed by atoms with van der Waals surface area (Å²) in [6.45, 7) is 1.05. The maximum atomic E-state index is 13.9. The molecule has 1 amide bonds. The Balaban J connectivity index is 1.45. The summed E-state index contributed by atoms with van der Waals surface area (Å²) in [5, 5.41) is 10.2. The Labute approximate surface area is 250 Å². The number of alkyl halides is 1. The third-order valence-electron chi connectivity index (χ3n) is 6.65. The molecule has 5 rings (SSSR count). The van der Waals surface area contributed by atoms with E-state index in [1.54, 1.807) is 0 Å². The summed E-state index contributed by atoms with van der Waals surface area (Å²) in [4.78, 5) is 53.2. The highest BCUT2D eigenvalue weighted by atomic mass is 35.5. The fourth-order valence-corrected chi connectivity index (χ4v) is 6.30. The lowest BCUT2D eigenvalue weighted by Gasteiger charge is -2.52. The number of nitro groups is 1. The molecule has 0 N–H and O–H groups in total. The number of carbonyl (C=O) groups is 3. The Morgan fingerprint density at radius 1 is 1.10 bits per heavy atom. The molecule has 0 spiro atoms. The highest BCUT2D eigenvalue weighted by Gasteiger charge is 2.64. The van der Waals surface area contributed by atoms with Gasteiger partial charge in [0.1, 0.15) is 17.7 Å². The minimum Gasteiger partial charge on any atom is -0.461 e. The van der Waals surface area contributed by atoms with Crippen LogP contribution in [0.2, 0.25) is 0 Å². The molecule has 2 heterocycles. The van der Waals surface area contributed by atoms with E-state index in [9.17, 15) is 24.5 Å². The summed E-state index contributed by atoms with van der Waals surface area (Å²) < 4.78 is 11.2. The molecule has 1 saturated heterocycles. The van der Waals surface area contributed by atoms with Crippen LogP contribution in [0.4, 0.5) is 5.69 Å². The normalized spacial score (nSPS) is 19.8. The Hall–Kier alpha value is -4.48. The van der Waals surface area contributed by atoms with Gasteiger partial charge in [0.05, 0.1) is 4.92 Å². The number of nitrogens with zero attached hydrogens (tertiary/aromatic N) is 3. The van der Waals surface area contributed by atoms with E-state index in [2.05, 4.69) is 4.99 Å². The van der Waals surface area contributed by atoms with Crippen LogP contribution in [0.25, 0.3) is 0 Å². The van der Waals surface area contributed by atoms with Gasteiger partial charge in [-0.15, -0.1) is 11.8 Å². The molecule has 2 aliphatic rings. The van der Waals surface area contributed by atoms with Crippen LogP contribution in [0.5, 0.6) is 0 Å². The number of carbonyl (C=O) groups excluding carboxylic acids is 3. The van der Waals surface area contributed by atoms with E-state index in [0.717, 1.165) is 11.1 Å². The van der Waals surface area contributed by atoms with Crippen molar-refractivity contribution in [1.82, 2.24) is 4.90 Å². The number of nitro benzene ring substituents is 1. The number of ether oxygens (including phenoxy) is 2.